The number of rotatable bonds is 59. The van der Waals surface area contributed by atoms with E-state index in [4.69, 9.17) is 23.7 Å². The number of aliphatic carboxylic acids is 1. The number of carboxylic acids is 1. The number of aliphatic hydroxyl groups excluding tert-OH is 2. The van der Waals surface area contributed by atoms with Crippen LogP contribution >= 0.6 is 0 Å². The fraction of sp³-hybridized carbons (Fsp3) is 0.855. The number of aliphatic hydroxyl groups is 2. The van der Waals surface area contributed by atoms with Crippen molar-refractivity contribution in [3.05, 3.63) is 36.5 Å². The molecular weight excluding hydrogens is 1020 g/mol. The van der Waals surface area contributed by atoms with E-state index in [0.29, 0.717) is 19.3 Å². The van der Waals surface area contributed by atoms with Crippen LogP contribution in [0.1, 0.15) is 329 Å². The Labute approximate surface area is 495 Å². The molecule has 12 nitrogen and oxygen atoms in total. The average Bonchev–Trinajstić information content (AvgIpc) is 3.53. The minimum atomic E-state index is -1.90. The monoisotopic (exact) mass is 1140 g/mol. The third-order valence-electron chi connectivity index (χ3n) is 15.7. The van der Waals surface area contributed by atoms with Gasteiger partial charge >= 0.3 is 23.9 Å². The van der Waals surface area contributed by atoms with Crippen molar-refractivity contribution in [3.8, 4) is 0 Å². The molecule has 0 amide bonds. The van der Waals surface area contributed by atoms with E-state index >= 15 is 0 Å². The molecule has 0 spiro atoms. The molecule has 0 aromatic heterocycles. The highest BCUT2D eigenvalue weighted by molar-refractivity contribution is 5.74. The summed E-state index contributed by atoms with van der Waals surface area (Å²) in [6.45, 7) is 6.01. The molecule has 1 rings (SSSR count). The van der Waals surface area contributed by atoms with E-state index in [0.717, 1.165) is 96.3 Å². The molecule has 472 valence electrons. The van der Waals surface area contributed by atoms with Gasteiger partial charge in [0, 0.05) is 19.3 Å². The molecule has 1 fully saturated rings. The van der Waals surface area contributed by atoms with Gasteiger partial charge in [-0.15, -0.1) is 0 Å². The first-order valence-electron chi connectivity index (χ1n) is 34.0. The van der Waals surface area contributed by atoms with Crippen LogP contribution in [0.2, 0.25) is 0 Å². The normalized spacial score (nSPS) is 17.9. The Hall–Kier alpha value is -3.06. The van der Waals surface area contributed by atoms with Crippen LogP contribution in [0.15, 0.2) is 36.5 Å². The summed E-state index contributed by atoms with van der Waals surface area (Å²) in [5.41, 5.74) is 0. The molecule has 0 aromatic carbocycles. The fourth-order valence-corrected chi connectivity index (χ4v) is 10.5. The molecule has 3 N–H and O–H groups in total. The number of unbranched alkanes of at least 4 members (excludes halogenated alkanes) is 39. The van der Waals surface area contributed by atoms with Crippen molar-refractivity contribution in [1.29, 1.82) is 0 Å². The molecular formula is C69H124O12. The van der Waals surface area contributed by atoms with Crippen LogP contribution < -0.4 is 0 Å². The SMILES string of the molecule is CCCCC/C=C\C/C=C\CCCCCCCCCC(=O)OCC(COC1OC(C(=O)O)C(O)C(O)C1OC(=O)CCCCCCCCCCCCCCCCCCCCC)OC(=O)CCCCCCC/C=C\CCCCCCCC. The van der Waals surface area contributed by atoms with Gasteiger partial charge in [0.05, 0.1) is 6.61 Å². The lowest BCUT2D eigenvalue weighted by atomic mass is 9.98. The number of allylic oxidation sites excluding steroid dienone is 6. The highest BCUT2D eigenvalue weighted by Crippen LogP contribution is 2.27. The number of carboxylic acid groups (broad SMARTS) is 1. The van der Waals surface area contributed by atoms with Gasteiger partial charge in [-0.3, -0.25) is 14.4 Å². The summed E-state index contributed by atoms with van der Waals surface area (Å²) in [5, 5.41) is 31.6. The van der Waals surface area contributed by atoms with Gasteiger partial charge in [0.2, 0.25) is 0 Å². The number of hydrogen-bond donors (Lipinski definition) is 3. The Morgan fingerprint density at radius 1 is 0.407 bits per heavy atom. The minimum Gasteiger partial charge on any atom is -0.479 e. The van der Waals surface area contributed by atoms with Gasteiger partial charge in [-0.1, -0.05) is 269 Å². The van der Waals surface area contributed by atoms with Crippen LogP contribution in [0.5, 0.6) is 0 Å². The van der Waals surface area contributed by atoms with Crippen LogP contribution in [-0.4, -0.2) is 89.2 Å². The maximum atomic E-state index is 13.2. The summed E-state index contributed by atoms with van der Waals surface area (Å²) in [5.74, 6) is -3.10. The second-order valence-electron chi connectivity index (χ2n) is 23.5. The summed E-state index contributed by atoms with van der Waals surface area (Å²) in [4.78, 5) is 51.4. The van der Waals surface area contributed by atoms with Crippen molar-refractivity contribution in [1.82, 2.24) is 0 Å². The van der Waals surface area contributed by atoms with Crippen molar-refractivity contribution in [2.75, 3.05) is 13.2 Å². The van der Waals surface area contributed by atoms with Gasteiger partial charge < -0.3 is 39.0 Å². The first-order valence-corrected chi connectivity index (χ1v) is 34.0. The van der Waals surface area contributed by atoms with E-state index in [2.05, 4.69) is 57.2 Å². The molecule has 1 aliphatic rings. The smallest absolute Gasteiger partial charge is 0.335 e. The van der Waals surface area contributed by atoms with Gasteiger partial charge in [-0.25, -0.2) is 4.79 Å². The third-order valence-corrected chi connectivity index (χ3v) is 15.7. The lowest BCUT2D eigenvalue weighted by Gasteiger charge is -2.40. The highest BCUT2D eigenvalue weighted by atomic mass is 16.7. The third kappa shape index (κ3) is 46.9. The Bertz CT molecular complexity index is 1550. The molecule has 0 bridgehead atoms. The largest absolute Gasteiger partial charge is 0.479 e. The second-order valence-corrected chi connectivity index (χ2v) is 23.5. The van der Waals surface area contributed by atoms with Gasteiger partial charge in [-0.2, -0.15) is 0 Å². The number of hydrogen-bond acceptors (Lipinski definition) is 11. The standard InChI is InChI=1S/C69H124O12/c1-4-7-10-13-16-19-22-25-28-30-31-33-36-39-42-45-48-51-54-57-63(72)80-67-65(74)64(73)66(68(75)76)81-69(67)78-59-60(79-62(71)56-53-50-47-44-41-38-34-27-24-21-18-15-12-9-6-3)58-77-61(70)55-52-49-46-43-40-37-35-32-29-26-23-20-17-14-11-8-5-2/h17,20,26-27,29,34,60,64-67,69,73-74H,4-16,18-19,21-25,28,30-33,35-59H2,1-3H3,(H,75,76)/b20-17-,29-26-,34-27-. The summed E-state index contributed by atoms with van der Waals surface area (Å²) in [6, 6.07) is 0. The Balaban J connectivity index is 2.63. The molecule has 12 heteroatoms. The summed E-state index contributed by atoms with van der Waals surface area (Å²) in [6.07, 6.45) is 56.7. The molecule has 6 atom stereocenters. The lowest BCUT2D eigenvalue weighted by Crippen LogP contribution is -2.61. The lowest BCUT2D eigenvalue weighted by molar-refractivity contribution is -0.301. The number of carbonyl (C=O) groups excluding carboxylic acids is 3. The van der Waals surface area contributed by atoms with E-state index in [1.54, 1.807) is 0 Å². The Morgan fingerprint density at radius 2 is 0.741 bits per heavy atom. The molecule has 0 aliphatic carbocycles. The zero-order chi connectivity index (χ0) is 58.9. The first-order chi connectivity index (χ1) is 39.6. The summed E-state index contributed by atoms with van der Waals surface area (Å²) < 4.78 is 28.6. The van der Waals surface area contributed by atoms with Crippen molar-refractivity contribution >= 4 is 23.9 Å². The molecule has 0 radical (unpaired) electrons. The van der Waals surface area contributed by atoms with Crippen molar-refractivity contribution in [2.45, 2.75) is 366 Å². The molecule has 0 aromatic rings. The number of esters is 3. The van der Waals surface area contributed by atoms with Crippen molar-refractivity contribution < 1.29 is 58.2 Å². The van der Waals surface area contributed by atoms with E-state index in [1.165, 1.54) is 173 Å². The topological polar surface area (TPSA) is 175 Å². The summed E-state index contributed by atoms with van der Waals surface area (Å²) in [7, 11) is 0. The second kappa shape index (κ2) is 57.4. The van der Waals surface area contributed by atoms with Gasteiger partial charge in [0.25, 0.3) is 0 Å². The quantitative estimate of drug-likeness (QED) is 0.0228. The van der Waals surface area contributed by atoms with Crippen LogP contribution in [0.25, 0.3) is 0 Å². The zero-order valence-electron chi connectivity index (χ0n) is 52.3. The number of ether oxygens (including phenoxy) is 5. The predicted molar refractivity (Wildman–Crippen MR) is 331 cm³/mol. The van der Waals surface area contributed by atoms with Crippen molar-refractivity contribution in [2.24, 2.45) is 0 Å². The van der Waals surface area contributed by atoms with Gasteiger partial charge in [0.15, 0.2) is 24.6 Å². The van der Waals surface area contributed by atoms with Crippen LogP contribution in [0.4, 0.5) is 0 Å². The maximum Gasteiger partial charge on any atom is 0.335 e. The zero-order valence-corrected chi connectivity index (χ0v) is 52.3. The minimum absolute atomic E-state index is 0.0649. The number of carbonyl (C=O) groups is 4. The van der Waals surface area contributed by atoms with E-state index in [-0.39, 0.29) is 25.9 Å². The van der Waals surface area contributed by atoms with E-state index in [9.17, 15) is 34.5 Å². The Kier molecular flexibility index (Phi) is 53.8. The first kappa shape index (κ1) is 76.0. The van der Waals surface area contributed by atoms with Crippen LogP contribution in [-0.2, 0) is 42.9 Å². The van der Waals surface area contributed by atoms with Gasteiger partial charge in [0.1, 0.15) is 18.8 Å². The van der Waals surface area contributed by atoms with Crippen LogP contribution in [0, 0.1) is 0 Å². The predicted octanol–water partition coefficient (Wildman–Crippen LogP) is 18.4. The van der Waals surface area contributed by atoms with Crippen molar-refractivity contribution in [3.63, 3.8) is 0 Å². The molecule has 0 saturated carbocycles. The molecule has 1 heterocycles. The highest BCUT2D eigenvalue weighted by Gasteiger charge is 2.50. The van der Waals surface area contributed by atoms with E-state index < -0.39 is 67.3 Å². The van der Waals surface area contributed by atoms with Gasteiger partial charge in [-0.05, 0) is 77.0 Å². The molecule has 1 aliphatic heterocycles. The van der Waals surface area contributed by atoms with E-state index in [1.807, 2.05) is 0 Å². The fourth-order valence-electron chi connectivity index (χ4n) is 10.5. The molecule has 1 saturated heterocycles. The molecule has 81 heavy (non-hydrogen) atoms. The average molecular weight is 1150 g/mol. The maximum absolute atomic E-state index is 13.2. The summed E-state index contributed by atoms with van der Waals surface area (Å²) >= 11 is 0. The molecule has 6 unspecified atom stereocenters. The van der Waals surface area contributed by atoms with Crippen LogP contribution in [0.3, 0.4) is 0 Å². The Morgan fingerprint density at radius 3 is 1.15 bits per heavy atom.